The smallest absolute Gasteiger partial charge is 0.584 e. The Morgan fingerprint density at radius 3 is 3.06 bits per heavy atom. The summed E-state index contributed by atoms with van der Waals surface area (Å²) in [5.74, 6) is 0. The molecule has 0 aliphatic carbocycles. The zero-order valence-corrected chi connectivity index (χ0v) is 8.93. The molecule has 1 heterocycles. The maximum absolute atomic E-state index is 11.7. The van der Waals surface area contributed by atoms with E-state index in [0.29, 0.717) is 9.45 Å². The van der Waals surface area contributed by atoms with Gasteiger partial charge < -0.3 is 10.0 Å². The lowest BCUT2D eigenvalue weighted by atomic mass is 10.3. The molecule has 0 saturated carbocycles. The fourth-order valence-electron chi connectivity index (χ4n) is 1.25. The van der Waals surface area contributed by atoms with Crippen molar-refractivity contribution in [1.29, 1.82) is 0 Å². The van der Waals surface area contributed by atoms with Gasteiger partial charge in [-0.1, -0.05) is 16.5 Å². The van der Waals surface area contributed by atoms with Crippen LogP contribution in [0.2, 0.25) is 5.02 Å². The topological polar surface area (TPSA) is 85.1 Å². The zero-order chi connectivity index (χ0) is 11.7. The third-order valence-electron chi connectivity index (χ3n) is 1.91. The monoisotopic (exact) mass is 242 g/mol. The van der Waals surface area contributed by atoms with E-state index in [2.05, 4.69) is 10.6 Å². The van der Waals surface area contributed by atoms with Gasteiger partial charge in [-0.05, 0) is 18.2 Å². The lowest BCUT2D eigenvalue weighted by Crippen LogP contribution is -2.28. The minimum atomic E-state index is -0.382. The normalized spacial score (nSPS) is 10.6. The summed E-state index contributed by atoms with van der Waals surface area (Å²) in [5.41, 5.74) is 2.47. The molecule has 0 amide bonds. The van der Waals surface area contributed by atoms with Crippen molar-refractivity contribution in [1.82, 2.24) is 15.4 Å². The third kappa shape index (κ3) is 1.66. The summed E-state index contributed by atoms with van der Waals surface area (Å²) in [4.78, 5) is 16.6. The molecule has 1 aromatic carbocycles. The number of benzene rings is 1. The van der Waals surface area contributed by atoms with Crippen LogP contribution in [-0.4, -0.2) is 17.0 Å². The Labute approximate surface area is 94.3 Å². The van der Waals surface area contributed by atoms with Crippen LogP contribution >= 0.6 is 11.6 Å². The summed E-state index contributed by atoms with van der Waals surface area (Å²) in [5, 5.41) is 15.2. The van der Waals surface area contributed by atoms with Crippen LogP contribution in [0.15, 0.2) is 18.2 Å². The van der Waals surface area contributed by atoms with Gasteiger partial charge in [-0.25, -0.2) is 0 Å². The number of nitrogens with zero attached hydrogens (tertiary/aromatic N) is 3. The summed E-state index contributed by atoms with van der Waals surface area (Å²) in [6.07, 6.45) is 0. The number of aromatic nitrogens is 3. The maximum atomic E-state index is 11.7. The fraction of sp³-hybridized carbons (Fsp3) is 0.125. The van der Waals surface area contributed by atoms with Gasteiger partial charge in [0.15, 0.2) is 0 Å². The Morgan fingerprint density at radius 2 is 2.38 bits per heavy atom. The van der Waals surface area contributed by atoms with Gasteiger partial charge in [0.1, 0.15) is 5.52 Å². The Morgan fingerprint density at radius 1 is 1.62 bits per heavy atom. The molecule has 8 heteroatoms. The van der Waals surface area contributed by atoms with Crippen molar-refractivity contribution in [3.8, 4) is 6.01 Å². The average molecular weight is 243 g/mol. The first kappa shape index (κ1) is 10.7. The van der Waals surface area contributed by atoms with Crippen LogP contribution < -0.4 is 14.7 Å². The number of hydroxylamine groups is 1. The Kier molecular flexibility index (Phi) is 2.63. The standard InChI is InChI=1S/C8H7ClN4O3/c1-10-16-8-11-13(15)7-4-5(9)2-3-6(7)12(8)14/h2-4,10H,1H3. The second-order valence-electron chi connectivity index (χ2n) is 2.89. The van der Waals surface area contributed by atoms with Gasteiger partial charge in [-0.3, -0.25) is 0 Å². The first-order valence-corrected chi connectivity index (χ1v) is 4.67. The SMILES string of the molecule is CNOc1nn([O-])c2cc(Cl)ccc2[n+]1=O. The predicted molar refractivity (Wildman–Crippen MR) is 56.6 cm³/mol. The summed E-state index contributed by atoms with van der Waals surface area (Å²) in [7, 11) is 1.45. The lowest BCUT2D eigenvalue weighted by molar-refractivity contribution is -0.484. The first-order chi connectivity index (χ1) is 7.63. The van der Waals surface area contributed by atoms with Gasteiger partial charge in [-0.15, -0.1) is 0 Å². The van der Waals surface area contributed by atoms with Crippen LogP contribution in [0.4, 0.5) is 0 Å². The molecular formula is C8H7ClN4O3. The molecule has 16 heavy (non-hydrogen) atoms. The van der Waals surface area contributed by atoms with E-state index in [1.165, 1.54) is 25.2 Å². The molecule has 7 nitrogen and oxygen atoms in total. The summed E-state index contributed by atoms with van der Waals surface area (Å²) in [6.45, 7) is 0. The lowest BCUT2D eigenvalue weighted by Gasteiger charge is -2.05. The molecule has 0 radical (unpaired) electrons. The van der Waals surface area contributed by atoms with Gasteiger partial charge in [0.05, 0.1) is 9.53 Å². The van der Waals surface area contributed by atoms with E-state index in [9.17, 15) is 10.1 Å². The van der Waals surface area contributed by atoms with Crippen molar-refractivity contribution in [2.75, 3.05) is 7.05 Å². The minimum Gasteiger partial charge on any atom is -0.772 e. The molecule has 0 aliphatic heterocycles. The second-order valence-corrected chi connectivity index (χ2v) is 3.33. The molecule has 0 aliphatic rings. The fourth-order valence-corrected chi connectivity index (χ4v) is 1.42. The third-order valence-corrected chi connectivity index (χ3v) is 2.14. The molecule has 0 fully saturated rings. The first-order valence-electron chi connectivity index (χ1n) is 4.29. The quantitative estimate of drug-likeness (QED) is 0.611. The van der Waals surface area contributed by atoms with Gasteiger partial charge in [-0.2, -0.15) is 10.3 Å². The van der Waals surface area contributed by atoms with Gasteiger partial charge >= 0.3 is 6.01 Å². The molecule has 84 valence electrons. The van der Waals surface area contributed by atoms with Gasteiger partial charge in [0, 0.05) is 12.1 Å². The van der Waals surface area contributed by atoms with Crippen LogP contribution in [0.1, 0.15) is 0 Å². The van der Waals surface area contributed by atoms with Crippen molar-refractivity contribution < 1.29 is 9.26 Å². The van der Waals surface area contributed by atoms with Crippen molar-refractivity contribution >= 4 is 22.6 Å². The zero-order valence-electron chi connectivity index (χ0n) is 8.18. The largest absolute Gasteiger partial charge is 0.772 e. The molecular weight excluding hydrogens is 236 g/mol. The summed E-state index contributed by atoms with van der Waals surface area (Å²) in [6, 6.07) is 3.89. The van der Waals surface area contributed by atoms with Crippen LogP contribution in [0, 0.1) is 10.1 Å². The van der Waals surface area contributed by atoms with E-state index >= 15 is 0 Å². The molecule has 2 aromatic rings. The number of halogens is 1. The summed E-state index contributed by atoms with van der Waals surface area (Å²) >= 11 is 5.71. The summed E-state index contributed by atoms with van der Waals surface area (Å²) < 4.78 is 0.399. The molecule has 2 rings (SSSR count). The van der Waals surface area contributed by atoms with E-state index in [1.54, 1.807) is 0 Å². The Bertz CT molecular complexity index is 598. The maximum Gasteiger partial charge on any atom is 0.584 e. The predicted octanol–water partition coefficient (Wildman–Crippen LogP) is 0.463. The molecule has 1 aromatic heterocycles. The number of fused-ring (bicyclic) bond motifs is 1. The number of rotatable bonds is 2. The van der Waals surface area contributed by atoms with Crippen molar-refractivity contribution in [3.63, 3.8) is 0 Å². The van der Waals surface area contributed by atoms with Crippen LogP contribution in [-0.2, 0) is 0 Å². The highest BCUT2D eigenvalue weighted by Crippen LogP contribution is 2.16. The average Bonchev–Trinajstić information content (AvgIpc) is 2.26. The van der Waals surface area contributed by atoms with E-state index < -0.39 is 0 Å². The van der Waals surface area contributed by atoms with Crippen LogP contribution in [0.5, 0.6) is 6.01 Å². The van der Waals surface area contributed by atoms with E-state index in [1.807, 2.05) is 0 Å². The Balaban J connectivity index is 2.79. The highest BCUT2D eigenvalue weighted by molar-refractivity contribution is 6.31. The second kappa shape index (κ2) is 3.95. The van der Waals surface area contributed by atoms with Crippen molar-refractivity contribution in [3.05, 3.63) is 33.3 Å². The molecule has 0 saturated heterocycles. The molecule has 0 bridgehead atoms. The highest BCUT2D eigenvalue weighted by Gasteiger charge is 2.18. The van der Waals surface area contributed by atoms with E-state index in [-0.39, 0.29) is 21.9 Å². The molecule has 1 N–H and O–H groups in total. The molecule has 0 unspecified atom stereocenters. The van der Waals surface area contributed by atoms with Crippen molar-refractivity contribution in [2.45, 2.75) is 0 Å². The molecule has 0 spiro atoms. The number of hydrogen-bond donors (Lipinski definition) is 1. The molecule has 0 atom stereocenters. The Hall–Kier alpha value is -1.86. The highest BCUT2D eigenvalue weighted by atomic mass is 35.5. The van der Waals surface area contributed by atoms with Crippen LogP contribution in [0.3, 0.4) is 0 Å². The van der Waals surface area contributed by atoms with E-state index in [0.717, 1.165) is 0 Å². The van der Waals surface area contributed by atoms with Gasteiger partial charge in [0.2, 0.25) is 5.52 Å². The number of hydrogen-bond acceptors (Lipinski definition) is 5. The van der Waals surface area contributed by atoms with Crippen molar-refractivity contribution in [2.24, 2.45) is 0 Å². The number of nitrogens with one attached hydrogen (secondary N) is 1. The van der Waals surface area contributed by atoms with Gasteiger partial charge in [0.25, 0.3) is 0 Å². The van der Waals surface area contributed by atoms with E-state index in [4.69, 9.17) is 16.4 Å². The van der Waals surface area contributed by atoms with Crippen LogP contribution in [0.25, 0.3) is 11.0 Å². The minimum absolute atomic E-state index is 0.0750.